The molecule has 1 N–H and O–H groups in total. The lowest BCUT2D eigenvalue weighted by Gasteiger charge is -2.12. The Morgan fingerprint density at radius 2 is 1.70 bits per heavy atom. The van der Waals surface area contributed by atoms with Crippen LogP contribution in [0.25, 0.3) is 0 Å². The van der Waals surface area contributed by atoms with Crippen LogP contribution in [0.1, 0.15) is 27.6 Å². The van der Waals surface area contributed by atoms with E-state index < -0.39 is 22.0 Å². The molecule has 0 aliphatic carbocycles. The number of nitrogens with one attached hydrogen (secondary N) is 1. The zero-order chi connectivity index (χ0) is 20.2. The Hall–Kier alpha value is -2.29. The first kappa shape index (κ1) is 21.0. The van der Waals surface area contributed by atoms with Crippen molar-refractivity contribution in [1.29, 1.82) is 0 Å². The first-order valence-electron chi connectivity index (χ1n) is 7.57. The van der Waals surface area contributed by atoms with Gasteiger partial charge in [-0.05, 0) is 43.3 Å². The number of sulfonamides is 1. The van der Waals surface area contributed by atoms with Gasteiger partial charge in [0.25, 0.3) is 10.0 Å². The highest BCUT2D eigenvalue weighted by atomic mass is 35.5. The minimum absolute atomic E-state index is 0.00752. The molecule has 10 heteroatoms. The van der Waals surface area contributed by atoms with Gasteiger partial charge in [-0.25, -0.2) is 18.0 Å². The molecule has 0 amide bonds. The van der Waals surface area contributed by atoms with Crippen LogP contribution in [0.4, 0.5) is 5.69 Å². The summed E-state index contributed by atoms with van der Waals surface area (Å²) in [5, 5.41) is 0.0249. The number of halogens is 2. The maximum Gasteiger partial charge on any atom is 0.339 e. The summed E-state index contributed by atoms with van der Waals surface area (Å²) in [5.41, 5.74) is 0.0979. The Labute approximate surface area is 166 Å². The fraction of sp³-hybridized carbons (Fsp3) is 0.176. The van der Waals surface area contributed by atoms with Crippen LogP contribution in [-0.4, -0.2) is 34.1 Å². The van der Waals surface area contributed by atoms with Crippen molar-refractivity contribution in [2.24, 2.45) is 0 Å². The predicted octanol–water partition coefficient (Wildman–Crippen LogP) is 3.76. The van der Waals surface area contributed by atoms with Crippen LogP contribution in [0.3, 0.4) is 0 Å². The molecule has 27 heavy (non-hydrogen) atoms. The third-order valence-corrected chi connectivity index (χ3v) is 5.55. The summed E-state index contributed by atoms with van der Waals surface area (Å²) >= 11 is 11.9. The Morgan fingerprint density at radius 3 is 2.33 bits per heavy atom. The van der Waals surface area contributed by atoms with Crippen LogP contribution in [0.5, 0.6) is 0 Å². The molecule has 0 saturated heterocycles. The third kappa shape index (κ3) is 4.91. The van der Waals surface area contributed by atoms with Crippen molar-refractivity contribution in [3.63, 3.8) is 0 Å². The van der Waals surface area contributed by atoms with Crippen molar-refractivity contribution in [3.8, 4) is 0 Å². The van der Waals surface area contributed by atoms with Crippen LogP contribution in [0, 0.1) is 0 Å². The number of ether oxygens (including phenoxy) is 2. The minimum atomic E-state index is -4.16. The van der Waals surface area contributed by atoms with Gasteiger partial charge in [0.1, 0.15) is 4.90 Å². The van der Waals surface area contributed by atoms with Gasteiger partial charge in [-0.1, -0.05) is 23.2 Å². The van der Waals surface area contributed by atoms with E-state index >= 15 is 0 Å². The summed E-state index contributed by atoms with van der Waals surface area (Å²) in [6.07, 6.45) is 0. The van der Waals surface area contributed by atoms with Crippen molar-refractivity contribution < 1.29 is 27.5 Å². The molecule has 144 valence electrons. The van der Waals surface area contributed by atoms with Crippen LogP contribution in [-0.2, 0) is 19.5 Å². The number of hydrogen-bond acceptors (Lipinski definition) is 6. The molecule has 0 radical (unpaired) electrons. The molecule has 0 fully saturated rings. The number of hydrogen-bond donors (Lipinski definition) is 1. The van der Waals surface area contributed by atoms with Crippen LogP contribution < -0.4 is 4.72 Å². The van der Waals surface area contributed by atoms with Gasteiger partial charge in [-0.15, -0.1) is 0 Å². The van der Waals surface area contributed by atoms with E-state index in [1.807, 2.05) is 0 Å². The number of anilines is 1. The third-order valence-electron chi connectivity index (χ3n) is 3.36. The molecule has 0 aliphatic rings. The van der Waals surface area contributed by atoms with E-state index in [2.05, 4.69) is 9.46 Å². The normalized spacial score (nSPS) is 11.0. The molecule has 0 unspecified atom stereocenters. The fourth-order valence-electron chi connectivity index (χ4n) is 2.12. The van der Waals surface area contributed by atoms with Gasteiger partial charge in [-0.2, -0.15) is 0 Å². The fourth-order valence-corrected chi connectivity index (χ4v) is 3.89. The summed E-state index contributed by atoms with van der Waals surface area (Å²) in [7, 11) is -2.99. The molecular weight excluding hydrogens is 417 g/mol. The van der Waals surface area contributed by atoms with E-state index in [-0.39, 0.29) is 38.4 Å². The minimum Gasteiger partial charge on any atom is -0.465 e. The van der Waals surface area contributed by atoms with Crippen molar-refractivity contribution >= 4 is 50.9 Å². The van der Waals surface area contributed by atoms with Gasteiger partial charge in [0.05, 0.1) is 34.9 Å². The standard InChI is InChI=1S/C17H15Cl2NO6S/c1-3-26-17(22)12-9-11(5-7-13(12)18)20-27(23,24)15-8-10(16(21)25-2)4-6-14(15)19/h4-9,20H,3H2,1-2H3. The number of benzene rings is 2. The molecule has 2 aromatic carbocycles. The maximum atomic E-state index is 12.7. The van der Waals surface area contributed by atoms with Gasteiger partial charge < -0.3 is 9.47 Å². The molecule has 0 aliphatic heterocycles. The molecule has 0 spiro atoms. The number of rotatable bonds is 6. The smallest absolute Gasteiger partial charge is 0.339 e. The lowest BCUT2D eigenvalue weighted by Crippen LogP contribution is -2.15. The van der Waals surface area contributed by atoms with Crippen LogP contribution in [0.2, 0.25) is 10.0 Å². The first-order valence-corrected chi connectivity index (χ1v) is 9.81. The second-order valence-electron chi connectivity index (χ2n) is 5.16. The second-order valence-corrected chi connectivity index (χ2v) is 7.62. The van der Waals surface area contributed by atoms with Gasteiger partial charge in [0.2, 0.25) is 0 Å². The lowest BCUT2D eigenvalue weighted by molar-refractivity contribution is 0.0525. The highest BCUT2D eigenvalue weighted by Gasteiger charge is 2.22. The molecule has 7 nitrogen and oxygen atoms in total. The van der Waals surface area contributed by atoms with Gasteiger partial charge >= 0.3 is 11.9 Å². The van der Waals surface area contributed by atoms with E-state index in [1.165, 1.54) is 37.4 Å². The molecule has 0 bridgehead atoms. The average Bonchev–Trinajstić information content (AvgIpc) is 2.62. The van der Waals surface area contributed by atoms with Gasteiger partial charge in [-0.3, -0.25) is 4.72 Å². The van der Waals surface area contributed by atoms with E-state index in [1.54, 1.807) is 6.92 Å². The SMILES string of the molecule is CCOC(=O)c1cc(NS(=O)(=O)c2cc(C(=O)OC)ccc2Cl)ccc1Cl. The second kappa shape index (κ2) is 8.60. The summed E-state index contributed by atoms with van der Waals surface area (Å²) in [4.78, 5) is 23.2. The Bertz CT molecular complexity index is 991. The van der Waals surface area contributed by atoms with E-state index in [0.29, 0.717) is 0 Å². The van der Waals surface area contributed by atoms with Crippen molar-refractivity contribution in [2.75, 3.05) is 18.4 Å². The molecule has 2 rings (SSSR count). The highest BCUT2D eigenvalue weighted by Crippen LogP contribution is 2.27. The lowest BCUT2D eigenvalue weighted by atomic mass is 10.2. The summed E-state index contributed by atoms with van der Waals surface area (Å²) < 4.78 is 37.1. The molecule has 0 aromatic heterocycles. The summed E-state index contributed by atoms with van der Waals surface area (Å²) in [6.45, 7) is 1.77. The van der Waals surface area contributed by atoms with Gasteiger partial charge in [0, 0.05) is 5.69 Å². The zero-order valence-electron chi connectivity index (χ0n) is 14.3. The quantitative estimate of drug-likeness (QED) is 0.698. The van der Waals surface area contributed by atoms with Crippen LogP contribution in [0.15, 0.2) is 41.3 Å². The zero-order valence-corrected chi connectivity index (χ0v) is 16.6. The Morgan fingerprint density at radius 1 is 1.04 bits per heavy atom. The predicted molar refractivity (Wildman–Crippen MR) is 101 cm³/mol. The Kier molecular flexibility index (Phi) is 6.69. The maximum absolute atomic E-state index is 12.7. The summed E-state index contributed by atoms with van der Waals surface area (Å²) in [6, 6.07) is 7.69. The number of esters is 2. The van der Waals surface area contributed by atoms with Crippen molar-refractivity contribution in [3.05, 3.63) is 57.6 Å². The molecular formula is C17H15Cl2NO6S. The topological polar surface area (TPSA) is 98.8 Å². The van der Waals surface area contributed by atoms with Crippen LogP contribution >= 0.6 is 23.2 Å². The molecule has 0 atom stereocenters. The van der Waals surface area contributed by atoms with Crippen molar-refractivity contribution in [1.82, 2.24) is 0 Å². The number of carbonyl (C=O) groups excluding carboxylic acids is 2. The van der Waals surface area contributed by atoms with E-state index in [0.717, 1.165) is 6.07 Å². The molecule has 0 heterocycles. The number of methoxy groups -OCH3 is 1. The van der Waals surface area contributed by atoms with Gasteiger partial charge in [0.15, 0.2) is 0 Å². The number of carbonyl (C=O) groups is 2. The summed E-state index contributed by atoms with van der Waals surface area (Å²) in [5.74, 6) is -1.39. The van der Waals surface area contributed by atoms with E-state index in [4.69, 9.17) is 27.9 Å². The molecule has 2 aromatic rings. The van der Waals surface area contributed by atoms with E-state index in [9.17, 15) is 18.0 Å². The Balaban J connectivity index is 2.41. The molecule has 0 saturated carbocycles. The largest absolute Gasteiger partial charge is 0.465 e. The van der Waals surface area contributed by atoms with Crippen molar-refractivity contribution in [2.45, 2.75) is 11.8 Å². The first-order chi connectivity index (χ1) is 12.7. The monoisotopic (exact) mass is 431 g/mol. The highest BCUT2D eigenvalue weighted by molar-refractivity contribution is 7.92. The average molecular weight is 432 g/mol.